The molecule has 0 rings (SSSR count). The van der Waals surface area contributed by atoms with E-state index in [1.165, 1.54) is 0 Å². The normalized spacial score (nSPS) is 10.6. The highest BCUT2D eigenvalue weighted by Crippen LogP contribution is 2.13. The van der Waals surface area contributed by atoms with Gasteiger partial charge in [-0.3, -0.25) is 9.59 Å². The highest BCUT2D eigenvalue weighted by Gasteiger charge is 2.24. The third-order valence-corrected chi connectivity index (χ3v) is 3.24. The number of aliphatic carboxylic acids is 1. The Balaban J connectivity index is 4.12. The second kappa shape index (κ2) is 7.18. The average molecular weight is 243 g/mol. The predicted molar refractivity (Wildman–Crippen MR) is 65.2 cm³/mol. The molecule has 0 saturated carbocycles. The van der Waals surface area contributed by atoms with Crippen molar-refractivity contribution in [2.24, 2.45) is 0 Å². The number of carbonyl (C=O) groups excluding carboxylic acids is 1. The van der Waals surface area contributed by atoms with Crippen LogP contribution in [-0.2, 0) is 9.59 Å². The van der Waals surface area contributed by atoms with Gasteiger partial charge in [-0.15, -0.1) is 18.2 Å². The van der Waals surface area contributed by atoms with Gasteiger partial charge in [-0.2, -0.15) is 0 Å². The molecule has 0 aliphatic rings. The van der Waals surface area contributed by atoms with Crippen LogP contribution in [0.3, 0.4) is 0 Å². The Morgan fingerprint density at radius 2 is 1.94 bits per heavy atom. The number of carbonyl (C=O) groups is 2. The summed E-state index contributed by atoms with van der Waals surface area (Å²) >= 11 is 1.06. The van der Waals surface area contributed by atoms with Crippen molar-refractivity contribution in [2.45, 2.75) is 32.2 Å². The Kier molecular flexibility index (Phi) is 6.66. The lowest BCUT2D eigenvalue weighted by Gasteiger charge is -2.26. The summed E-state index contributed by atoms with van der Waals surface area (Å²) in [5.41, 5.74) is -0.596. The summed E-state index contributed by atoms with van der Waals surface area (Å²) in [4.78, 5) is 21.7. The van der Waals surface area contributed by atoms with E-state index in [4.69, 9.17) is 11.5 Å². The van der Waals surface area contributed by atoms with Crippen LogP contribution in [0.15, 0.2) is 0 Å². The number of thioether (sulfide) groups is 1. The van der Waals surface area contributed by atoms with E-state index in [-0.39, 0.29) is 17.4 Å². The minimum Gasteiger partial charge on any atom is -0.481 e. The van der Waals surface area contributed by atoms with Gasteiger partial charge in [0.05, 0.1) is 11.5 Å². The van der Waals surface area contributed by atoms with E-state index in [9.17, 15) is 9.59 Å². The van der Waals surface area contributed by atoms with Crippen LogP contribution in [-0.4, -0.2) is 34.0 Å². The van der Waals surface area contributed by atoms with Gasteiger partial charge in [-0.05, 0) is 12.8 Å². The predicted octanol–water partition coefficient (Wildman–Crippen LogP) is 1.11. The zero-order valence-electron chi connectivity index (χ0n) is 9.58. The zero-order valence-corrected chi connectivity index (χ0v) is 10.4. The fourth-order valence-electron chi connectivity index (χ4n) is 1.20. The summed E-state index contributed by atoms with van der Waals surface area (Å²) in [6.45, 7) is 3.82. The number of amides is 1. The molecule has 0 aliphatic carbocycles. The first-order valence-electron chi connectivity index (χ1n) is 5.08. The van der Waals surface area contributed by atoms with Gasteiger partial charge in [-0.1, -0.05) is 19.8 Å². The topological polar surface area (TPSA) is 66.4 Å². The molecule has 0 aliphatic heterocycles. The first-order chi connectivity index (χ1) is 7.49. The van der Waals surface area contributed by atoms with Crippen LogP contribution in [0.4, 0.5) is 0 Å². The van der Waals surface area contributed by atoms with Crippen LogP contribution in [0.25, 0.3) is 0 Å². The first-order valence-corrected chi connectivity index (χ1v) is 6.23. The molecular formula is C11H17NO3S. The Labute approximate surface area is 100 Å². The minimum absolute atomic E-state index is 0.0747. The summed E-state index contributed by atoms with van der Waals surface area (Å²) in [7, 11) is 0. The number of nitrogens with one attached hydrogen (secondary N) is 1. The molecule has 0 aromatic heterocycles. The van der Waals surface area contributed by atoms with E-state index >= 15 is 0 Å². The molecule has 0 aromatic rings. The van der Waals surface area contributed by atoms with Gasteiger partial charge in [0.1, 0.15) is 5.54 Å². The SMILES string of the molecule is C#CC(CC)(CC)NC(=O)CSCC(=O)O. The molecular weight excluding hydrogens is 226 g/mol. The van der Waals surface area contributed by atoms with Gasteiger partial charge in [0.15, 0.2) is 0 Å². The summed E-state index contributed by atoms with van der Waals surface area (Å²) in [6, 6.07) is 0. The minimum atomic E-state index is -0.924. The molecule has 0 saturated heterocycles. The first kappa shape index (κ1) is 14.8. The number of hydrogen-bond donors (Lipinski definition) is 2. The van der Waals surface area contributed by atoms with Crippen molar-refractivity contribution in [1.82, 2.24) is 5.32 Å². The number of carboxylic acids is 1. The number of terminal acetylenes is 1. The van der Waals surface area contributed by atoms with E-state index in [1.807, 2.05) is 13.8 Å². The Morgan fingerprint density at radius 3 is 2.31 bits per heavy atom. The van der Waals surface area contributed by atoms with Crippen LogP contribution in [0.1, 0.15) is 26.7 Å². The van der Waals surface area contributed by atoms with Crippen molar-refractivity contribution in [3.63, 3.8) is 0 Å². The Morgan fingerprint density at radius 1 is 1.38 bits per heavy atom. The quantitative estimate of drug-likeness (QED) is 0.657. The summed E-state index contributed by atoms with van der Waals surface area (Å²) < 4.78 is 0. The van der Waals surface area contributed by atoms with Crippen LogP contribution >= 0.6 is 11.8 Å². The molecule has 0 atom stereocenters. The summed E-state index contributed by atoms with van der Waals surface area (Å²) in [5.74, 6) is 1.49. The standard InChI is InChI=1S/C11H17NO3S/c1-4-11(5-2,6-3)12-9(13)7-16-8-10(14)15/h1H,5-8H2,2-3H3,(H,12,13)(H,14,15). The molecule has 0 spiro atoms. The fourth-order valence-corrected chi connectivity index (χ4v) is 1.74. The van der Waals surface area contributed by atoms with E-state index in [0.717, 1.165) is 11.8 Å². The van der Waals surface area contributed by atoms with Gasteiger partial charge < -0.3 is 10.4 Å². The zero-order chi connectivity index (χ0) is 12.6. The van der Waals surface area contributed by atoms with Gasteiger partial charge in [0.2, 0.25) is 5.91 Å². The fraction of sp³-hybridized carbons (Fsp3) is 0.636. The van der Waals surface area contributed by atoms with Crippen molar-refractivity contribution in [2.75, 3.05) is 11.5 Å². The monoisotopic (exact) mass is 243 g/mol. The lowest BCUT2D eigenvalue weighted by atomic mass is 9.94. The van der Waals surface area contributed by atoms with Crippen LogP contribution in [0, 0.1) is 12.3 Å². The smallest absolute Gasteiger partial charge is 0.313 e. The summed E-state index contributed by atoms with van der Waals surface area (Å²) in [6.07, 6.45) is 6.71. The van der Waals surface area contributed by atoms with Gasteiger partial charge >= 0.3 is 5.97 Å². The molecule has 0 heterocycles. The average Bonchev–Trinajstić information content (AvgIpc) is 2.25. The van der Waals surface area contributed by atoms with Crippen molar-refractivity contribution in [3.05, 3.63) is 0 Å². The molecule has 0 unspecified atom stereocenters. The number of rotatable bonds is 7. The molecule has 90 valence electrons. The summed E-state index contributed by atoms with van der Waals surface area (Å²) in [5, 5.41) is 11.2. The van der Waals surface area contributed by atoms with Gasteiger partial charge in [0, 0.05) is 0 Å². The lowest BCUT2D eigenvalue weighted by molar-refractivity contribution is -0.133. The molecule has 0 aromatic carbocycles. The third kappa shape index (κ3) is 5.08. The largest absolute Gasteiger partial charge is 0.481 e. The van der Waals surface area contributed by atoms with Gasteiger partial charge in [-0.25, -0.2) is 0 Å². The number of carboxylic acid groups (broad SMARTS) is 1. The van der Waals surface area contributed by atoms with Crippen molar-refractivity contribution < 1.29 is 14.7 Å². The van der Waals surface area contributed by atoms with Gasteiger partial charge in [0.25, 0.3) is 0 Å². The maximum atomic E-state index is 11.5. The van der Waals surface area contributed by atoms with Crippen molar-refractivity contribution >= 4 is 23.6 Å². The molecule has 1 amide bonds. The Hall–Kier alpha value is -1.15. The third-order valence-electron chi connectivity index (χ3n) is 2.32. The highest BCUT2D eigenvalue weighted by atomic mass is 32.2. The van der Waals surface area contributed by atoms with E-state index in [0.29, 0.717) is 12.8 Å². The van der Waals surface area contributed by atoms with Crippen LogP contribution in [0.5, 0.6) is 0 Å². The molecule has 0 fully saturated rings. The molecule has 0 radical (unpaired) electrons. The molecule has 2 N–H and O–H groups in total. The second-order valence-electron chi connectivity index (χ2n) is 3.37. The maximum absolute atomic E-state index is 11.5. The molecule has 5 heteroatoms. The van der Waals surface area contributed by atoms with Crippen molar-refractivity contribution in [3.8, 4) is 12.3 Å². The molecule has 0 bridgehead atoms. The second-order valence-corrected chi connectivity index (χ2v) is 4.35. The van der Waals surface area contributed by atoms with Crippen LogP contribution in [0.2, 0.25) is 0 Å². The molecule has 16 heavy (non-hydrogen) atoms. The van der Waals surface area contributed by atoms with Crippen molar-refractivity contribution in [1.29, 1.82) is 0 Å². The van der Waals surface area contributed by atoms with Crippen LogP contribution < -0.4 is 5.32 Å². The van der Waals surface area contributed by atoms with E-state index < -0.39 is 11.5 Å². The Bertz CT molecular complexity index is 292. The lowest BCUT2D eigenvalue weighted by Crippen LogP contribution is -2.47. The van der Waals surface area contributed by atoms with E-state index in [2.05, 4.69) is 11.2 Å². The molecule has 4 nitrogen and oxygen atoms in total. The highest BCUT2D eigenvalue weighted by molar-refractivity contribution is 8.00. The van der Waals surface area contributed by atoms with E-state index in [1.54, 1.807) is 0 Å². The maximum Gasteiger partial charge on any atom is 0.313 e. The number of hydrogen-bond acceptors (Lipinski definition) is 3.